The van der Waals surface area contributed by atoms with E-state index in [4.69, 9.17) is 5.11 Å². The van der Waals surface area contributed by atoms with Gasteiger partial charge >= 0.3 is 5.97 Å². The lowest BCUT2D eigenvalue weighted by atomic mass is 10.2. The highest BCUT2D eigenvalue weighted by atomic mass is 32.2. The van der Waals surface area contributed by atoms with Gasteiger partial charge in [0.15, 0.2) is 0 Å². The summed E-state index contributed by atoms with van der Waals surface area (Å²) < 4.78 is 42.3. The number of nitrogens with zero attached hydrogens (tertiary/aromatic N) is 1. The van der Waals surface area contributed by atoms with Gasteiger partial charge in [-0.3, -0.25) is 4.31 Å². The van der Waals surface area contributed by atoms with Crippen LogP contribution in [0.15, 0.2) is 47.4 Å². The zero-order valence-electron chi connectivity index (χ0n) is 15.5. The van der Waals surface area contributed by atoms with Crippen LogP contribution in [0.25, 0.3) is 10.1 Å². The highest BCUT2D eigenvalue weighted by molar-refractivity contribution is 7.93. The van der Waals surface area contributed by atoms with Crippen LogP contribution in [0, 0.1) is 12.7 Å². The fourth-order valence-electron chi connectivity index (χ4n) is 2.95. The molecule has 0 radical (unpaired) electrons. The Morgan fingerprint density at radius 1 is 1.18 bits per heavy atom. The van der Waals surface area contributed by atoms with E-state index in [2.05, 4.69) is 0 Å². The first-order valence-electron chi connectivity index (χ1n) is 8.80. The van der Waals surface area contributed by atoms with Crippen molar-refractivity contribution in [3.8, 4) is 0 Å². The average molecular weight is 422 g/mol. The molecule has 0 saturated carbocycles. The van der Waals surface area contributed by atoms with Gasteiger partial charge in [-0.15, -0.1) is 11.3 Å². The topological polar surface area (TPSA) is 74.7 Å². The first kappa shape index (κ1) is 20.3. The Morgan fingerprint density at radius 2 is 1.86 bits per heavy atom. The molecule has 0 saturated heterocycles. The van der Waals surface area contributed by atoms with Crippen molar-refractivity contribution >= 4 is 42.4 Å². The van der Waals surface area contributed by atoms with Crippen LogP contribution in [0.4, 0.5) is 9.39 Å². The lowest BCUT2D eigenvalue weighted by Gasteiger charge is -2.24. The standard InChI is InChI=1S/C20H20FNO4S2/c1-3-4-11-22(19-13(2)17-10-7-15(21)12-18(17)27-19)28(25,26)16-8-5-14(6-9-16)20(23)24/h5-10,12H,3-4,11H2,1-2H3,(H,23,24). The molecule has 0 amide bonds. The third kappa shape index (κ3) is 3.74. The molecule has 1 aromatic heterocycles. The number of halogens is 1. The summed E-state index contributed by atoms with van der Waals surface area (Å²) in [4.78, 5) is 11.1. The molecular weight excluding hydrogens is 401 g/mol. The second kappa shape index (κ2) is 7.89. The van der Waals surface area contributed by atoms with Crippen molar-refractivity contribution in [2.45, 2.75) is 31.6 Å². The first-order chi connectivity index (χ1) is 13.3. The summed E-state index contributed by atoms with van der Waals surface area (Å²) in [7, 11) is -3.89. The van der Waals surface area contributed by atoms with E-state index in [-0.39, 0.29) is 22.8 Å². The van der Waals surface area contributed by atoms with Gasteiger partial charge in [0.2, 0.25) is 0 Å². The molecule has 8 heteroatoms. The summed E-state index contributed by atoms with van der Waals surface area (Å²) in [6, 6.07) is 9.59. The molecule has 3 aromatic rings. The molecule has 0 fully saturated rings. The Labute approximate surface area is 167 Å². The number of rotatable bonds is 7. The second-order valence-electron chi connectivity index (χ2n) is 6.43. The lowest BCUT2D eigenvalue weighted by Crippen LogP contribution is -2.31. The zero-order chi connectivity index (χ0) is 20.5. The number of aromatic carboxylic acids is 1. The maximum atomic E-state index is 13.6. The molecule has 1 N–H and O–H groups in total. The molecule has 0 spiro atoms. The molecule has 28 heavy (non-hydrogen) atoms. The van der Waals surface area contributed by atoms with Gasteiger partial charge in [-0.25, -0.2) is 17.6 Å². The minimum atomic E-state index is -3.89. The van der Waals surface area contributed by atoms with Crippen LogP contribution in [0.1, 0.15) is 35.7 Å². The van der Waals surface area contributed by atoms with E-state index in [1.807, 2.05) is 13.8 Å². The summed E-state index contributed by atoms with van der Waals surface area (Å²) in [5.74, 6) is -1.48. The van der Waals surface area contributed by atoms with E-state index in [0.29, 0.717) is 16.1 Å². The first-order valence-corrected chi connectivity index (χ1v) is 11.1. The second-order valence-corrected chi connectivity index (χ2v) is 9.33. The van der Waals surface area contributed by atoms with Crippen LogP contribution in [0.5, 0.6) is 0 Å². The molecule has 148 valence electrons. The number of carboxylic acids is 1. The Hall–Kier alpha value is -2.45. The van der Waals surface area contributed by atoms with Crippen molar-refractivity contribution in [2.75, 3.05) is 10.8 Å². The largest absolute Gasteiger partial charge is 0.478 e. The smallest absolute Gasteiger partial charge is 0.335 e. The third-order valence-corrected chi connectivity index (χ3v) is 7.71. The van der Waals surface area contributed by atoms with Gasteiger partial charge in [0, 0.05) is 11.2 Å². The van der Waals surface area contributed by atoms with Crippen molar-refractivity contribution in [3.63, 3.8) is 0 Å². The highest BCUT2D eigenvalue weighted by Gasteiger charge is 2.28. The molecule has 0 unspecified atom stereocenters. The quantitative estimate of drug-likeness (QED) is 0.580. The van der Waals surface area contributed by atoms with Crippen molar-refractivity contribution in [1.29, 1.82) is 0 Å². The molecule has 0 aliphatic heterocycles. The summed E-state index contributed by atoms with van der Waals surface area (Å²) >= 11 is 1.24. The maximum absolute atomic E-state index is 13.6. The normalized spacial score (nSPS) is 11.7. The van der Waals surface area contributed by atoms with E-state index in [9.17, 15) is 17.6 Å². The molecule has 0 atom stereocenters. The predicted octanol–water partition coefficient (Wildman–Crippen LogP) is 5.04. The van der Waals surface area contributed by atoms with E-state index < -0.39 is 16.0 Å². The Bertz CT molecular complexity index is 1120. The van der Waals surface area contributed by atoms with Gasteiger partial charge in [0.05, 0.1) is 10.5 Å². The van der Waals surface area contributed by atoms with Crippen LogP contribution in [0.3, 0.4) is 0 Å². The van der Waals surface area contributed by atoms with Gasteiger partial charge in [0.1, 0.15) is 10.8 Å². The molecule has 2 aromatic carbocycles. The highest BCUT2D eigenvalue weighted by Crippen LogP contribution is 2.40. The van der Waals surface area contributed by atoms with Gasteiger partial charge in [-0.1, -0.05) is 19.4 Å². The number of benzene rings is 2. The summed E-state index contributed by atoms with van der Waals surface area (Å²) in [5.41, 5.74) is 0.800. The molecule has 0 aliphatic carbocycles. The molecule has 0 bridgehead atoms. The minimum absolute atomic E-state index is 0.0209. The molecule has 3 rings (SSSR count). The van der Waals surface area contributed by atoms with Crippen molar-refractivity contribution in [2.24, 2.45) is 0 Å². The van der Waals surface area contributed by atoms with Gasteiger partial charge in [0.25, 0.3) is 10.0 Å². The number of hydrogen-bond acceptors (Lipinski definition) is 4. The minimum Gasteiger partial charge on any atom is -0.478 e. The number of thiophene rings is 1. The van der Waals surface area contributed by atoms with Crippen molar-refractivity contribution in [1.82, 2.24) is 0 Å². The number of aryl methyl sites for hydroxylation is 1. The fourth-order valence-corrected chi connectivity index (χ4v) is 5.99. The molecule has 0 aliphatic rings. The molecule has 5 nitrogen and oxygen atoms in total. The summed E-state index contributed by atoms with van der Waals surface area (Å²) in [6.07, 6.45) is 1.47. The monoisotopic (exact) mass is 421 g/mol. The summed E-state index contributed by atoms with van der Waals surface area (Å²) in [6.45, 7) is 4.09. The Kier molecular flexibility index (Phi) is 5.71. The number of carboxylic acid groups (broad SMARTS) is 1. The maximum Gasteiger partial charge on any atom is 0.335 e. The van der Waals surface area contributed by atoms with Gasteiger partial charge in [-0.2, -0.15) is 0 Å². The number of unbranched alkanes of at least 4 members (excludes halogenated alkanes) is 1. The number of anilines is 1. The average Bonchev–Trinajstić information content (AvgIpc) is 2.97. The van der Waals surface area contributed by atoms with Gasteiger partial charge < -0.3 is 5.11 Å². The van der Waals surface area contributed by atoms with Crippen LogP contribution in [0.2, 0.25) is 0 Å². The Morgan fingerprint density at radius 3 is 2.46 bits per heavy atom. The van der Waals surface area contributed by atoms with Crippen LogP contribution in [-0.2, 0) is 10.0 Å². The zero-order valence-corrected chi connectivity index (χ0v) is 17.1. The van der Waals surface area contributed by atoms with Crippen LogP contribution >= 0.6 is 11.3 Å². The third-order valence-electron chi connectivity index (χ3n) is 4.51. The number of carbonyl (C=O) groups is 1. The predicted molar refractivity (Wildman–Crippen MR) is 109 cm³/mol. The summed E-state index contributed by atoms with van der Waals surface area (Å²) in [5, 5.41) is 10.4. The lowest BCUT2D eigenvalue weighted by molar-refractivity contribution is 0.0696. The van der Waals surface area contributed by atoms with E-state index in [1.54, 1.807) is 6.07 Å². The fraction of sp³-hybridized carbons (Fsp3) is 0.250. The number of hydrogen-bond donors (Lipinski definition) is 1. The van der Waals surface area contributed by atoms with Crippen LogP contribution < -0.4 is 4.31 Å². The van der Waals surface area contributed by atoms with E-state index >= 15 is 0 Å². The van der Waals surface area contributed by atoms with E-state index in [0.717, 1.165) is 17.4 Å². The number of sulfonamides is 1. The molecule has 1 heterocycles. The van der Waals surface area contributed by atoms with Crippen LogP contribution in [-0.4, -0.2) is 26.0 Å². The van der Waals surface area contributed by atoms with Gasteiger partial charge in [-0.05, 0) is 60.7 Å². The Balaban J connectivity index is 2.11. The number of fused-ring (bicyclic) bond motifs is 1. The van der Waals surface area contributed by atoms with E-state index in [1.165, 1.54) is 52.0 Å². The SMILES string of the molecule is CCCCN(c1sc2cc(F)ccc2c1C)S(=O)(=O)c1ccc(C(=O)O)cc1. The van der Waals surface area contributed by atoms with Crippen molar-refractivity contribution in [3.05, 3.63) is 59.4 Å². The molecular formula is C20H20FNO4S2. The van der Waals surface area contributed by atoms with Crippen molar-refractivity contribution < 1.29 is 22.7 Å².